The first kappa shape index (κ1) is 13.1. The zero-order valence-corrected chi connectivity index (χ0v) is 10.7. The Bertz CT molecular complexity index is 326. The average Bonchev–Trinajstić information content (AvgIpc) is 2.26. The highest BCUT2D eigenvalue weighted by Crippen LogP contribution is 2.10. The molecule has 1 heterocycles. The van der Waals surface area contributed by atoms with E-state index < -0.39 is 0 Å². The summed E-state index contributed by atoms with van der Waals surface area (Å²) in [5.74, 6) is 0. The molecule has 0 fully saturated rings. The lowest BCUT2D eigenvalue weighted by molar-refractivity contribution is 0.230. The van der Waals surface area contributed by atoms with E-state index in [0.29, 0.717) is 11.0 Å². The van der Waals surface area contributed by atoms with Crippen molar-refractivity contribution in [2.45, 2.75) is 32.4 Å². The first-order valence-electron chi connectivity index (χ1n) is 5.52. The van der Waals surface area contributed by atoms with Crippen LogP contribution in [0.4, 0.5) is 0 Å². The Kier molecular flexibility index (Phi) is 5.35. The van der Waals surface area contributed by atoms with E-state index in [4.69, 9.17) is 18.0 Å². The summed E-state index contributed by atoms with van der Waals surface area (Å²) in [4.78, 5) is 7.14. The molecule has 1 rings (SSSR count). The van der Waals surface area contributed by atoms with Gasteiger partial charge in [-0.25, -0.2) is 0 Å². The molecule has 0 saturated carbocycles. The SMILES string of the molecule is CCC(CC(N)=S)N(C)Cc1ccccn1. The third-order valence-corrected chi connectivity index (χ3v) is 2.84. The smallest absolute Gasteiger partial charge is 0.0743 e. The molecule has 0 aromatic carbocycles. The normalized spacial score (nSPS) is 12.7. The quantitative estimate of drug-likeness (QED) is 0.768. The van der Waals surface area contributed by atoms with Crippen LogP contribution in [0.5, 0.6) is 0 Å². The zero-order valence-electron chi connectivity index (χ0n) is 9.89. The topological polar surface area (TPSA) is 42.1 Å². The third kappa shape index (κ3) is 4.24. The molecule has 88 valence electrons. The summed E-state index contributed by atoms with van der Waals surface area (Å²) >= 11 is 4.96. The second kappa shape index (κ2) is 6.55. The van der Waals surface area contributed by atoms with Gasteiger partial charge in [-0.2, -0.15) is 0 Å². The average molecular weight is 237 g/mol. The molecule has 1 aromatic heterocycles. The summed E-state index contributed by atoms with van der Waals surface area (Å²) in [6.45, 7) is 2.99. The van der Waals surface area contributed by atoms with Crippen molar-refractivity contribution < 1.29 is 0 Å². The molecule has 0 aliphatic carbocycles. The fraction of sp³-hybridized carbons (Fsp3) is 0.500. The zero-order chi connectivity index (χ0) is 12.0. The van der Waals surface area contributed by atoms with Gasteiger partial charge >= 0.3 is 0 Å². The van der Waals surface area contributed by atoms with Gasteiger partial charge in [0, 0.05) is 25.2 Å². The van der Waals surface area contributed by atoms with Crippen molar-refractivity contribution in [3.63, 3.8) is 0 Å². The minimum atomic E-state index is 0.402. The molecule has 4 heteroatoms. The maximum absolute atomic E-state index is 5.59. The Morgan fingerprint density at radius 2 is 2.31 bits per heavy atom. The van der Waals surface area contributed by atoms with Gasteiger partial charge in [0.05, 0.1) is 10.7 Å². The van der Waals surface area contributed by atoms with Gasteiger partial charge in [0.25, 0.3) is 0 Å². The van der Waals surface area contributed by atoms with Gasteiger partial charge in [-0.05, 0) is 25.6 Å². The molecule has 0 saturated heterocycles. The lowest BCUT2D eigenvalue weighted by atomic mass is 10.1. The van der Waals surface area contributed by atoms with E-state index in [1.54, 1.807) is 0 Å². The van der Waals surface area contributed by atoms with Crippen LogP contribution < -0.4 is 5.73 Å². The highest BCUT2D eigenvalue weighted by atomic mass is 32.1. The second-order valence-corrected chi connectivity index (χ2v) is 4.49. The van der Waals surface area contributed by atoms with Gasteiger partial charge in [-0.3, -0.25) is 9.88 Å². The van der Waals surface area contributed by atoms with Crippen LogP contribution in [0.25, 0.3) is 0 Å². The van der Waals surface area contributed by atoms with Crippen molar-refractivity contribution in [2.24, 2.45) is 5.73 Å². The van der Waals surface area contributed by atoms with Crippen molar-refractivity contribution >= 4 is 17.2 Å². The molecule has 1 aromatic rings. The summed E-state index contributed by atoms with van der Waals surface area (Å²) in [5, 5.41) is 0. The number of rotatable bonds is 6. The Labute approximate surface area is 103 Å². The number of hydrogen-bond acceptors (Lipinski definition) is 3. The molecule has 1 unspecified atom stereocenters. The van der Waals surface area contributed by atoms with Crippen LogP contribution in [0.1, 0.15) is 25.5 Å². The van der Waals surface area contributed by atoms with E-state index in [1.807, 2.05) is 24.4 Å². The molecule has 1 atom stereocenters. The molecular weight excluding hydrogens is 218 g/mol. The predicted octanol–water partition coefficient (Wildman–Crippen LogP) is 1.97. The van der Waals surface area contributed by atoms with E-state index in [0.717, 1.165) is 25.1 Å². The van der Waals surface area contributed by atoms with E-state index in [-0.39, 0.29) is 0 Å². The van der Waals surface area contributed by atoms with Crippen molar-refractivity contribution in [1.29, 1.82) is 0 Å². The van der Waals surface area contributed by atoms with Crippen LogP contribution in [-0.2, 0) is 6.54 Å². The number of nitrogens with two attached hydrogens (primary N) is 1. The van der Waals surface area contributed by atoms with Crippen molar-refractivity contribution in [2.75, 3.05) is 7.05 Å². The summed E-state index contributed by atoms with van der Waals surface area (Å²) in [7, 11) is 2.08. The molecular formula is C12H19N3S. The molecule has 0 aliphatic rings. The predicted molar refractivity (Wildman–Crippen MR) is 71.2 cm³/mol. The van der Waals surface area contributed by atoms with Crippen molar-refractivity contribution in [3.8, 4) is 0 Å². The van der Waals surface area contributed by atoms with Gasteiger partial charge in [-0.15, -0.1) is 0 Å². The standard InChI is InChI=1S/C12H19N3S/c1-3-11(8-12(13)16)15(2)9-10-6-4-5-7-14-10/h4-7,11H,3,8-9H2,1-2H3,(H2,13,16). The Hall–Kier alpha value is -1.00. The van der Waals surface area contributed by atoms with E-state index in [9.17, 15) is 0 Å². The second-order valence-electron chi connectivity index (χ2n) is 3.97. The third-order valence-electron chi connectivity index (χ3n) is 2.67. The van der Waals surface area contributed by atoms with E-state index in [1.165, 1.54) is 0 Å². The highest BCUT2D eigenvalue weighted by molar-refractivity contribution is 7.80. The lowest BCUT2D eigenvalue weighted by Gasteiger charge is -2.26. The monoisotopic (exact) mass is 237 g/mol. The van der Waals surface area contributed by atoms with Crippen LogP contribution in [0.3, 0.4) is 0 Å². The first-order chi connectivity index (χ1) is 7.63. The number of nitrogens with zero attached hydrogens (tertiary/aromatic N) is 2. The first-order valence-corrected chi connectivity index (χ1v) is 5.92. The molecule has 2 N–H and O–H groups in total. The minimum Gasteiger partial charge on any atom is -0.393 e. The van der Waals surface area contributed by atoms with Crippen LogP contribution >= 0.6 is 12.2 Å². The molecule has 0 radical (unpaired) electrons. The van der Waals surface area contributed by atoms with Crippen molar-refractivity contribution in [1.82, 2.24) is 9.88 Å². The van der Waals surface area contributed by atoms with Crippen molar-refractivity contribution in [3.05, 3.63) is 30.1 Å². The highest BCUT2D eigenvalue weighted by Gasteiger charge is 2.14. The van der Waals surface area contributed by atoms with Gasteiger partial charge in [-0.1, -0.05) is 25.2 Å². The maximum atomic E-state index is 5.59. The van der Waals surface area contributed by atoms with Gasteiger partial charge in [0.1, 0.15) is 0 Å². The Morgan fingerprint density at radius 1 is 1.56 bits per heavy atom. The Morgan fingerprint density at radius 3 is 2.81 bits per heavy atom. The van der Waals surface area contributed by atoms with Gasteiger partial charge < -0.3 is 5.73 Å². The van der Waals surface area contributed by atoms with Crippen LogP contribution in [0.15, 0.2) is 24.4 Å². The molecule has 0 aliphatic heterocycles. The molecule has 0 bridgehead atoms. The molecule has 16 heavy (non-hydrogen) atoms. The molecule has 0 amide bonds. The van der Waals surface area contributed by atoms with E-state index in [2.05, 4.69) is 23.9 Å². The molecule has 3 nitrogen and oxygen atoms in total. The van der Waals surface area contributed by atoms with Crippen LogP contribution in [0, 0.1) is 0 Å². The summed E-state index contributed by atoms with van der Waals surface area (Å²) in [6, 6.07) is 6.37. The molecule has 0 spiro atoms. The number of aromatic nitrogens is 1. The fourth-order valence-electron chi connectivity index (χ4n) is 1.72. The summed E-state index contributed by atoms with van der Waals surface area (Å²) in [6.07, 6.45) is 3.63. The Balaban J connectivity index is 2.55. The van der Waals surface area contributed by atoms with Gasteiger partial charge in [0.2, 0.25) is 0 Å². The number of pyridine rings is 1. The minimum absolute atomic E-state index is 0.402. The largest absolute Gasteiger partial charge is 0.393 e. The lowest BCUT2D eigenvalue weighted by Crippen LogP contribution is -2.34. The maximum Gasteiger partial charge on any atom is 0.0743 e. The van der Waals surface area contributed by atoms with Gasteiger partial charge in [0.15, 0.2) is 0 Å². The summed E-state index contributed by atoms with van der Waals surface area (Å²) in [5.41, 5.74) is 6.66. The van der Waals surface area contributed by atoms with Crippen LogP contribution in [-0.4, -0.2) is 28.0 Å². The number of hydrogen-bond donors (Lipinski definition) is 1. The fourth-order valence-corrected chi connectivity index (χ4v) is 1.91. The number of thiocarbonyl (C=S) groups is 1. The van der Waals surface area contributed by atoms with Crippen LogP contribution in [0.2, 0.25) is 0 Å². The van der Waals surface area contributed by atoms with E-state index >= 15 is 0 Å². The summed E-state index contributed by atoms with van der Waals surface area (Å²) < 4.78 is 0.